The molecule has 0 aromatic heterocycles. The minimum Gasteiger partial charge on any atom is -0.480 e. The van der Waals surface area contributed by atoms with E-state index < -0.39 is 35.0 Å². The highest BCUT2D eigenvalue weighted by Gasteiger charge is 2.35. The van der Waals surface area contributed by atoms with Crippen molar-refractivity contribution in [2.45, 2.75) is 38.6 Å². The summed E-state index contributed by atoms with van der Waals surface area (Å²) in [6, 6.07) is 3.31. The Morgan fingerprint density at radius 1 is 1.35 bits per heavy atom. The molecule has 4 nitrogen and oxygen atoms in total. The summed E-state index contributed by atoms with van der Waals surface area (Å²) in [7, 11) is 0. The third-order valence-corrected chi connectivity index (χ3v) is 3.40. The van der Waals surface area contributed by atoms with Crippen molar-refractivity contribution in [1.29, 1.82) is 0 Å². The number of amides is 1. The zero-order valence-corrected chi connectivity index (χ0v) is 11.5. The quantitative estimate of drug-likeness (QED) is 0.873. The Hall–Kier alpha value is -1.98. The van der Waals surface area contributed by atoms with Crippen molar-refractivity contribution in [3.63, 3.8) is 0 Å². The van der Waals surface area contributed by atoms with E-state index in [0.717, 1.165) is 12.1 Å². The lowest BCUT2D eigenvalue weighted by molar-refractivity contribution is -0.147. The number of aliphatic carboxylic acids is 1. The van der Waals surface area contributed by atoms with Gasteiger partial charge in [0.25, 0.3) is 0 Å². The molecule has 1 rings (SSSR count). The Labute approximate surface area is 115 Å². The molecule has 1 amide bonds. The van der Waals surface area contributed by atoms with E-state index in [1.54, 1.807) is 6.92 Å². The van der Waals surface area contributed by atoms with Crippen LogP contribution in [0.1, 0.15) is 38.7 Å². The maximum Gasteiger partial charge on any atom is 0.329 e. The highest BCUT2D eigenvalue weighted by atomic mass is 19.1. The molecule has 1 aromatic rings. The molecule has 0 saturated carbocycles. The molecule has 0 saturated heterocycles. The second-order valence-electron chi connectivity index (χ2n) is 4.84. The van der Waals surface area contributed by atoms with Gasteiger partial charge in [0.05, 0.1) is 5.92 Å². The Morgan fingerprint density at radius 3 is 2.25 bits per heavy atom. The molecular formula is C14H17F2NO3. The highest BCUT2D eigenvalue weighted by Crippen LogP contribution is 2.23. The molecular weight excluding hydrogens is 268 g/mol. The van der Waals surface area contributed by atoms with Gasteiger partial charge in [0.2, 0.25) is 5.91 Å². The van der Waals surface area contributed by atoms with Gasteiger partial charge in [0, 0.05) is 5.56 Å². The molecule has 0 bridgehead atoms. The minimum atomic E-state index is -1.47. The van der Waals surface area contributed by atoms with E-state index in [-0.39, 0.29) is 12.0 Å². The maximum atomic E-state index is 13.6. The summed E-state index contributed by atoms with van der Waals surface area (Å²) in [5.41, 5.74) is -1.83. The number of carbonyl (C=O) groups is 2. The molecule has 6 heteroatoms. The first kappa shape index (κ1) is 16.1. The minimum absolute atomic E-state index is 0.153. The van der Waals surface area contributed by atoms with Crippen LogP contribution in [0, 0.1) is 11.6 Å². The lowest BCUT2D eigenvalue weighted by Gasteiger charge is -2.26. The fourth-order valence-electron chi connectivity index (χ4n) is 1.73. The van der Waals surface area contributed by atoms with Gasteiger partial charge in [-0.05, 0) is 32.4 Å². The van der Waals surface area contributed by atoms with Gasteiger partial charge in [-0.1, -0.05) is 13.0 Å². The summed E-state index contributed by atoms with van der Waals surface area (Å²) in [5.74, 6) is -4.72. The Kier molecular flexibility index (Phi) is 4.81. The predicted octanol–water partition coefficient (Wildman–Crippen LogP) is 2.44. The predicted molar refractivity (Wildman–Crippen MR) is 69.2 cm³/mol. The molecule has 20 heavy (non-hydrogen) atoms. The van der Waals surface area contributed by atoms with E-state index >= 15 is 0 Å². The van der Waals surface area contributed by atoms with Crippen molar-refractivity contribution in [2.24, 2.45) is 0 Å². The molecule has 0 aliphatic carbocycles. The molecule has 2 atom stereocenters. The highest BCUT2D eigenvalue weighted by molar-refractivity contribution is 5.90. The number of hydrogen-bond donors (Lipinski definition) is 2. The standard InChI is InChI=1S/C14H17F2NO3/c1-4-14(3,13(19)20)17-12(18)8(2)11-9(15)6-5-7-10(11)16/h5-8H,4H2,1-3H3,(H,17,18)(H,19,20). The van der Waals surface area contributed by atoms with Crippen LogP contribution in [0.2, 0.25) is 0 Å². The summed E-state index contributed by atoms with van der Waals surface area (Å²) in [5, 5.41) is 11.4. The third-order valence-electron chi connectivity index (χ3n) is 3.40. The third kappa shape index (κ3) is 3.12. The number of halogens is 2. The number of carboxylic acids is 1. The summed E-state index contributed by atoms with van der Waals surface area (Å²) < 4.78 is 27.2. The maximum absolute atomic E-state index is 13.6. The monoisotopic (exact) mass is 285 g/mol. The summed E-state index contributed by atoms with van der Waals surface area (Å²) in [6.07, 6.45) is 0.153. The van der Waals surface area contributed by atoms with Crippen LogP contribution in [0.3, 0.4) is 0 Å². The number of rotatable bonds is 5. The molecule has 0 spiro atoms. The zero-order valence-electron chi connectivity index (χ0n) is 11.5. The van der Waals surface area contributed by atoms with Gasteiger partial charge in [-0.15, -0.1) is 0 Å². The van der Waals surface area contributed by atoms with Gasteiger partial charge in [0.15, 0.2) is 0 Å². The Bertz CT molecular complexity index is 513. The smallest absolute Gasteiger partial charge is 0.329 e. The first-order valence-electron chi connectivity index (χ1n) is 6.22. The van der Waals surface area contributed by atoms with E-state index in [4.69, 9.17) is 5.11 Å². The van der Waals surface area contributed by atoms with Crippen molar-refractivity contribution in [3.05, 3.63) is 35.4 Å². The normalized spacial score (nSPS) is 15.2. The van der Waals surface area contributed by atoms with Crippen LogP contribution in [0.15, 0.2) is 18.2 Å². The number of benzene rings is 1. The molecule has 0 fully saturated rings. The molecule has 0 aliphatic rings. The van der Waals surface area contributed by atoms with Gasteiger partial charge in [-0.2, -0.15) is 0 Å². The second-order valence-corrected chi connectivity index (χ2v) is 4.84. The SMILES string of the molecule is CCC(C)(NC(=O)C(C)c1c(F)cccc1F)C(=O)O. The largest absolute Gasteiger partial charge is 0.480 e. The first-order chi connectivity index (χ1) is 9.23. The Morgan fingerprint density at radius 2 is 1.85 bits per heavy atom. The van der Waals surface area contributed by atoms with Crippen LogP contribution in [-0.4, -0.2) is 22.5 Å². The topological polar surface area (TPSA) is 66.4 Å². The fraction of sp³-hybridized carbons (Fsp3) is 0.429. The molecule has 1 aromatic carbocycles. The lowest BCUT2D eigenvalue weighted by atomic mass is 9.94. The molecule has 2 unspecified atom stereocenters. The Balaban J connectivity index is 3.01. The lowest BCUT2D eigenvalue weighted by Crippen LogP contribution is -2.52. The molecule has 0 radical (unpaired) electrons. The number of carboxylic acid groups (broad SMARTS) is 1. The second kappa shape index (κ2) is 5.98. The van der Waals surface area contributed by atoms with Crippen LogP contribution in [-0.2, 0) is 9.59 Å². The molecule has 2 N–H and O–H groups in total. The first-order valence-corrected chi connectivity index (χ1v) is 6.22. The number of nitrogens with one attached hydrogen (secondary N) is 1. The van der Waals surface area contributed by atoms with Gasteiger partial charge in [0.1, 0.15) is 17.2 Å². The molecule has 110 valence electrons. The van der Waals surface area contributed by atoms with E-state index in [9.17, 15) is 18.4 Å². The van der Waals surface area contributed by atoms with E-state index in [2.05, 4.69) is 5.32 Å². The summed E-state index contributed by atoms with van der Waals surface area (Å²) in [4.78, 5) is 23.1. The van der Waals surface area contributed by atoms with Gasteiger partial charge in [-0.25, -0.2) is 13.6 Å². The van der Waals surface area contributed by atoms with Crippen LogP contribution in [0.4, 0.5) is 8.78 Å². The van der Waals surface area contributed by atoms with Gasteiger partial charge in [-0.3, -0.25) is 4.79 Å². The molecule has 0 aliphatic heterocycles. The van der Waals surface area contributed by atoms with Crippen molar-refractivity contribution in [1.82, 2.24) is 5.32 Å². The fourth-order valence-corrected chi connectivity index (χ4v) is 1.73. The summed E-state index contributed by atoms with van der Waals surface area (Å²) >= 11 is 0. The van der Waals surface area contributed by atoms with Gasteiger partial charge >= 0.3 is 5.97 Å². The zero-order chi connectivity index (χ0) is 15.5. The van der Waals surface area contributed by atoms with Crippen molar-refractivity contribution >= 4 is 11.9 Å². The average molecular weight is 285 g/mol. The van der Waals surface area contributed by atoms with E-state index in [1.165, 1.54) is 19.9 Å². The van der Waals surface area contributed by atoms with Crippen LogP contribution in [0.25, 0.3) is 0 Å². The van der Waals surface area contributed by atoms with Gasteiger partial charge < -0.3 is 10.4 Å². The van der Waals surface area contributed by atoms with Crippen molar-refractivity contribution in [2.75, 3.05) is 0 Å². The van der Waals surface area contributed by atoms with Crippen LogP contribution in [0.5, 0.6) is 0 Å². The van der Waals surface area contributed by atoms with Crippen LogP contribution >= 0.6 is 0 Å². The number of carbonyl (C=O) groups excluding carboxylic acids is 1. The average Bonchev–Trinajstić information content (AvgIpc) is 2.37. The van der Waals surface area contributed by atoms with Crippen molar-refractivity contribution < 1.29 is 23.5 Å². The number of hydrogen-bond acceptors (Lipinski definition) is 2. The molecule has 0 heterocycles. The van der Waals surface area contributed by atoms with E-state index in [0.29, 0.717) is 0 Å². The summed E-state index contributed by atoms with van der Waals surface area (Å²) in [6.45, 7) is 4.27. The van der Waals surface area contributed by atoms with Crippen LogP contribution < -0.4 is 5.32 Å². The van der Waals surface area contributed by atoms with Crippen molar-refractivity contribution in [3.8, 4) is 0 Å². The van der Waals surface area contributed by atoms with E-state index in [1.807, 2.05) is 0 Å².